The van der Waals surface area contributed by atoms with Crippen molar-refractivity contribution in [1.82, 2.24) is 9.80 Å². The standard InChI is InChI=1S/C17H26N2O2/c1-4-21-17(20)13-16(15-8-6-5-7-14(15)2)19-11-9-18(3)10-12-19/h5-8,16H,4,9-13H2,1-3H3. The second-order valence-electron chi connectivity index (χ2n) is 5.72. The van der Waals surface area contributed by atoms with E-state index in [1.165, 1.54) is 11.1 Å². The molecule has 0 radical (unpaired) electrons. The maximum Gasteiger partial charge on any atom is 0.307 e. The van der Waals surface area contributed by atoms with Gasteiger partial charge in [0, 0.05) is 32.2 Å². The summed E-state index contributed by atoms with van der Waals surface area (Å²) in [6, 6.07) is 8.47. The van der Waals surface area contributed by atoms with Crippen LogP contribution < -0.4 is 0 Å². The summed E-state index contributed by atoms with van der Waals surface area (Å²) < 4.78 is 5.17. The van der Waals surface area contributed by atoms with Crippen molar-refractivity contribution in [2.24, 2.45) is 0 Å². The Balaban J connectivity index is 2.18. The Morgan fingerprint density at radius 1 is 1.24 bits per heavy atom. The lowest BCUT2D eigenvalue weighted by molar-refractivity contribution is -0.144. The Kier molecular flexibility index (Phi) is 5.76. The molecule has 116 valence electrons. The average molecular weight is 290 g/mol. The molecule has 4 nitrogen and oxygen atoms in total. The lowest BCUT2D eigenvalue weighted by Gasteiger charge is -2.38. The summed E-state index contributed by atoms with van der Waals surface area (Å²) >= 11 is 0. The zero-order valence-corrected chi connectivity index (χ0v) is 13.3. The first-order valence-electron chi connectivity index (χ1n) is 7.75. The zero-order chi connectivity index (χ0) is 15.2. The van der Waals surface area contributed by atoms with Crippen molar-refractivity contribution < 1.29 is 9.53 Å². The molecule has 2 rings (SSSR count). The van der Waals surface area contributed by atoms with Gasteiger partial charge in [0.15, 0.2) is 0 Å². The van der Waals surface area contributed by atoms with Gasteiger partial charge < -0.3 is 9.64 Å². The van der Waals surface area contributed by atoms with Crippen LogP contribution in [0.4, 0.5) is 0 Å². The summed E-state index contributed by atoms with van der Waals surface area (Å²) in [6.45, 7) is 8.50. The van der Waals surface area contributed by atoms with Gasteiger partial charge >= 0.3 is 5.97 Å². The van der Waals surface area contributed by atoms with Gasteiger partial charge in [-0.05, 0) is 32.0 Å². The molecular weight excluding hydrogens is 264 g/mol. The molecule has 0 aromatic heterocycles. The highest BCUT2D eigenvalue weighted by atomic mass is 16.5. The van der Waals surface area contributed by atoms with Crippen molar-refractivity contribution >= 4 is 5.97 Å². The van der Waals surface area contributed by atoms with E-state index in [1.54, 1.807) is 0 Å². The molecular formula is C17H26N2O2. The lowest BCUT2D eigenvalue weighted by atomic mass is 9.96. The molecule has 1 saturated heterocycles. The van der Waals surface area contributed by atoms with Crippen molar-refractivity contribution in [1.29, 1.82) is 0 Å². The van der Waals surface area contributed by atoms with Crippen molar-refractivity contribution in [3.8, 4) is 0 Å². The Labute approximate surface area is 127 Å². The number of carbonyl (C=O) groups is 1. The molecule has 0 bridgehead atoms. The Hall–Kier alpha value is -1.39. The first kappa shape index (κ1) is 16.0. The van der Waals surface area contributed by atoms with Crippen LogP contribution >= 0.6 is 0 Å². The fourth-order valence-electron chi connectivity index (χ4n) is 2.91. The molecule has 21 heavy (non-hydrogen) atoms. The van der Waals surface area contributed by atoms with Crippen LogP contribution in [0.1, 0.15) is 30.5 Å². The van der Waals surface area contributed by atoms with Gasteiger partial charge in [0.2, 0.25) is 0 Å². The van der Waals surface area contributed by atoms with Crippen molar-refractivity contribution in [3.63, 3.8) is 0 Å². The number of esters is 1. The molecule has 0 N–H and O–H groups in total. The molecule has 1 fully saturated rings. The number of nitrogens with zero attached hydrogens (tertiary/aromatic N) is 2. The van der Waals surface area contributed by atoms with Gasteiger partial charge in [0.05, 0.1) is 13.0 Å². The molecule has 4 heteroatoms. The monoisotopic (exact) mass is 290 g/mol. The summed E-state index contributed by atoms with van der Waals surface area (Å²) in [5, 5.41) is 0. The first-order chi connectivity index (χ1) is 10.1. The van der Waals surface area contributed by atoms with Crippen LogP contribution in [0.3, 0.4) is 0 Å². The Morgan fingerprint density at radius 3 is 2.52 bits per heavy atom. The van der Waals surface area contributed by atoms with E-state index in [2.05, 4.69) is 42.0 Å². The first-order valence-corrected chi connectivity index (χ1v) is 7.75. The molecule has 1 atom stereocenters. The molecule has 1 heterocycles. The van der Waals surface area contributed by atoms with Crippen molar-refractivity contribution in [2.75, 3.05) is 39.8 Å². The zero-order valence-electron chi connectivity index (χ0n) is 13.3. The van der Waals surface area contributed by atoms with E-state index in [9.17, 15) is 4.79 Å². The van der Waals surface area contributed by atoms with Gasteiger partial charge in [0.1, 0.15) is 0 Å². The third-order valence-electron chi connectivity index (χ3n) is 4.19. The number of rotatable bonds is 5. The van der Waals surface area contributed by atoms with E-state index in [0.717, 1.165) is 26.2 Å². The summed E-state index contributed by atoms with van der Waals surface area (Å²) in [5.41, 5.74) is 2.49. The van der Waals surface area contributed by atoms with Crippen LogP contribution in [0.25, 0.3) is 0 Å². The molecule has 0 spiro atoms. The van der Waals surface area contributed by atoms with Gasteiger partial charge in [0.25, 0.3) is 0 Å². The SMILES string of the molecule is CCOC(=O)CC(c1ccccc1C)N1CCN(C)CC1. The molecule has 0 amide bonds. The quantitative estimate of drug-likeness (QED) is 0.779. The minimum atomic E-state index is -0.107. The molecule has 1 aliphatic rings. The van der Waals surface area contributed by atoms with Gasteiger partial charge in [-0.1, -0.05) is 24.3 Å². The van der Waals surface area contributed by atoms with E-state index < -0.39 is 0 Å². The third kappa shape index (κ3) is 4.29. The van der Waals surface area contributed by atoms with Gasteiger partial charge in [-0.15, -0.1) is 0 Å². The third-order valence-corrected chi connectivity index (χ3v) is 4.19. The van der Waals surface area contributed by atoms with E-state index >= 15 is 0 Å². The largest absolute Gasteiger partial charge is 0.466 e. The minimum Gasteiger partial charge on any atom is -0.466 e. The smallest absolute Gasteiger partial charge is 0.307 e. The molecule has 1 unspecified atom stereocenters. The van der Waals surface area contributed by atoms with Crippen LogP contribution in [-0.2, 0) is 9.53 Å². The van der Waals surface area contributed by atoms with Crippen molar-refractivity contribution in [3.05, 3.63) is 35.4 Å². The number of hydrogen-bond acceptors (Lipinski definition) is 4. The van der Waals surface area contributed by atoms with E-state index in [-0.39, 0.29) is 12.0 Å². The van der Waals surface area contributed by atoms with Gasteiger partial charge in [-0.2, -0.15) is 0 Å². The Morgan fingerprint density at radius 2 is 1.90 bits per heavy atom. The fraction of sp³-hybridized carbons (Fsp3) is 0.588. The highest BCUT2D eigenvalue weighted by Crippen LogP contribution is 2.28. The molecule has 1 aromatic carbocycles. The van der Waals surface area contributed by atoms with Crippen LogP contribution in [0.15, 0.2) is 24.3 Å². The molecule has 0 saturated carbocycles. The van der Waals surface area contributed by atoms with Crippen LogP contribution in [0.2, 0.25) is 0 Å². The highest BCUT2D eigenvalue weighted by molar-refractivity contribution is 5.70. The van der Waals surface area contributed by atoms with Crippen molar-refractivity contribution in [2.45, 2.75) is 26.3 Å². The maximum absolute atomic E-state index is 12.0. The van der Waals surface area contributed by atoms with E-state index in [4.69, 9.17) is 4.74 Å². The summed E-state index contributed by atoms with van der Waals surface area (Å²) in [5.74, 6) is -0.107. The highest BCUT2D eigenvalue weighted by Gasteiger charge is 2.27. The topological polar surface area (TPSA) is 32.8 Å². The number of piperazine rings is 1. The molecule has 0 aliphatic carbocycles. The van der Waals surface area contributed by atoms with Crippen LogP contribution in [0, 0.1) is 6.92 Å². The normalized spacial score (nSPS) is 18.4. The maximum atomic E-state index is 12.0. The van der Waals surface area contributed by atoms with Gasteiger partial charge in [-0.3, -0.25) is 9.69 Å². The van der Waals surface area contributed by atoms with Crippen LogP contribution in [-0.4, -0.2) is 55.6 Å². The predicted octanol–water partition coefficient (Wildman–Crippen LogP) is 2.24. The lowest BCUT2D eigenvalue weighted by Crippen LogP contribution is -2.46. The second kappa shape index (κ2) is 7.57. The summed E-state index contributed by atoms with van der Waals surface area (Å²) in [6.07, 6.45) is 0.433. The Bertz CT molecular complexity index is 468. The van der Waals surface area contributed by atoms with Gasteiger partial charge in [-0.25, -0.2) is 0 Å². The minimum absolute atomic E-state index is 0.107. The number of benzene rings is 1. The number of carbonyl (C=O) groups excluding carboxylic acids is 1. The number of likely N-dealkylation sites (N-methyl/N-ethyl adjacent to an activating group) is 1. The second-order valence-corrected chi connectivity index (χ2v) is 5.72. The predicted molar refractivity (Wildman–Crippen MR) is 84.2 cm³/mol. The number of hydrogen-bond donors (Lipinski definition) is 0. The average Bonchev–Trinajstić information content (AvgIpc) is 2.47. The summed E-state index contributed by atoms with van der Waals surface area (Å²) in [4.78, 5) is 16.7. The van der Waals surface area contributed by atoms with E-state index in [1.807, 2.05) is 13.0 Å². The number of ether oxygens (including phenoxy) is 1. The molecule has 1 aromatic rings. The van der Waals surface area contributed by atoms with Crippen LogP contribution in [0.5, 0.6) is 0 Å². The summed E-state index contributed by atoms with van der Waals surface area (Å²) in [7, 11) is 2.14. The number of aryl methyl sites for hydroxylation is 1. The molecule has 1 aliphatic heterocycles. The van der Waals surface area contributed by atoms with E-state index in [0.29, 0.717) is 13.0 Å². The fourth-order valence-corrected chi connectivity index (χ4v) is 2.91.